The third-order valence-electron chi connectivity index (χ3n) is 2.44. The summed E-state index contributed by atoms with van der Waals surface area (Å²) in [4.78, 5) is 22.3. The summed E-state index contributed by atoms with van der Waals surface area (Å²) in [5, 5.41) is 2.69. The van der Waals surface area contributed by atoms with Gasteiger partial charge >= 0.3 is 5.97 Å². The van der Waals surface area contributed by atoms with Crippen LogP contribution in [0.4, 0.5) is 0 Å². The second-order valence-electron chi connectivity index (χ2n) is 3.72. The van der Waals surface area contributed by atoms with Crippen LogP contribution in [0.2, 0.25) is 0 Å². The van der Waals surface area contributed by atoms with Crippen LogP contribution >= 0.6 is 0 Å². The first-order valence-corrected chi connectivity index (χ1v) is 4.71. The van der Waals surface area contributed by atoms with Gasteiger partial charge in [-0.05, 0) is 18.8 Å². The van der Waals surface area contributed by atoms with Gasteiger partial charge in [0.05, 0.1) is 6.61 Å². The Balaban J connectivity index is 0.000000980. The van der Waals surface area contributed by atoms with Crippen LogP contribution in [0, 0.1) is 5.92 Å². The normalized spacial score (nSPS) is 27.1. The summed E-state index contributed by atoms with van der Waals surface area (Å²) in [7, 11) is 0. The van der Waals surface area contributed by atoms with Crippen LogP contribution in [0.1, 0.15) is 27.1 Å². The number of carbonyl (C=O) groups excluding carboxylic acids is 2. The molecule has 13 heavy (non-hydrogen) atoms. The van der Waals surface area contributed by atoms with Crippen LogP contribution in [-0.4, -0.2) is 24.5 Å². The number of hydrogen-bond acceptors (Lipinski definition) is 3. The van der Waals surface area contributed by atoms with Crippen molar-refractivity contribution in [2.24, 2.45) is 5.92 Å². The molecule has 1 saturated carbocycles. The van der Waals surface area contributed by atoms with Crippen molar-refractivity contribution in [2.45, 2.75) is 31.7 Å². The second kappa shape index (κ2) is 3.36. The average molecular weight is 185 g/mol. The highest BCUT2D eigenvalue weighted by Crippen LogP contribution is 2.32. The molecule has 4 heteroatoms. The number of nitrogens with one attached hydrogen (secondary N) is 1. The maximum absolute atomic E-state index is 11.3. The van der Waals surface area contributed by atoms with E-state index in [1.165, 1.54) is 0 Å². The lowest BCUT2D eigenvalue weighted by Gasteiger charge is -2.07. The molecule has 0 radical (unpaired) electrons. The summed E-state index contributed by atoms with van der Waals surface area (Å²) in [5.41, 5.74) is 0. The van der Waals surface area contributed by atoms with Gasteiger partial charge in [0.1, 0.15) is 6.04 Å². The van der Waals surface area contributed by atoms with E-state index in [9.17, 15) is 9.59 Å². The minimum Gasteiger partial charge on any atom is -0.464 e. The maximum atomic E-state index is 11.3. The Bertz CT molecular complexity index is 240. The predicted octanol–water partition coefficient (Wildman–Crippen LogP) is 0.464. The Hall–Kier alpha value is -1.06. The van der Waals surface area contributed by atoms with E-state index in [0.29, 0.717) is 25.4 Å². The third kappa shape index (κ3) is 2.20. The molecule has 2 rings (SSSR count). The molecule has 0 bridgehead atoms. The van der Waals surface area contributed by atoms with Crippen LogP contribution in [-0.2, 0) is 14.3 Å². The van der Waals surface area contributed by atoms with E-state index in [1.54, 1.807) is 0 Å². The van der Waals surface area contributed by atoms with Crippen molar-refractivity contribution in [3.05, 3.63) is 0 Å². The van der Waals surface area contributed by atoms with E-state index >= 15 is 0 Å². The molecule has 0 aromatic rings. The highest BCUT2D eigenvalue weighted by molar-refractivity contribution is 5.85. The smallest absolute Gasteiger partial charge is 0.328 e. The van der Waals surface area contributed by atoms with Gasteiger partial charge in [0.15, 0.2) is 0 Å². The van der Waals surface area contributed by atoms with E-state index < -0.39 is 0 Å². The minimum absolute atomic E-state index is 0. The van der Waals surface area contributed by atoms with Crippen molar-refractivity contribution in [1.82, 2.24) is 5.32 Å². The Morgan fingerprint density at radius 2 is 2.31 bits per heavy atom. The Labute approximate surface area is 78.1 Å². The zero-order valence-corrected chi connectivity index (χ0v) is 7.41. The number of hydrogen-bond donors (Lipinski definition) is 1. The first kappa shape index (κ1) is 8.53. The Kier molecular flexibility index (Phi) is 2.20. The van der Waals surface area contributed by atoms with Crippen LogP contribution in [0.25, 0.3) is 0 Å². The summed E-state index contributed by atoms with van der Waals surface area (Å²) >= 11 is 0. The van der Waals surface area contributed by atoms with Crippen LogP contribution in [0.3, 0.4) is 0 Å². The molecule has 0 aromatic heterocycles. The quantitative estimate of drug-likeness (QED) is 0.650. The van der Waals surface area contributed by atoms with Crippen molar-refractivity contribution in [3.63, 3.8) is 0 Å². The zero-order chi connectivity index (χ0) is 9.26. The number of rotatable bonds is 3. The standard InChI is InChI=1S/C9H13NO3.H2/c11-8(5-6-1-2-6)10-7-3-4-13-9(7)12;/h6-7H,1-5H2,(H,10,11);1H/t7-;/m0./s1. The Morgan fingerprint density at radius 1 is 1.54 bits per heavy atom. The summed E-state index contributed by atoms with van der Waals surface area (Å²) in [5.74, 6) is 0.271. The molecule has 1 aliphatic carbocycles. The van der Waals surface area contributed by atoms with E-state index in [1.807, 2.05) is 0 Å². The van der Waals surface area contributed by atoms with Gasteiger partial charge in [0, 0.05) is 14.3 Å². The van der Waals surface area contributed by atoms with Crippen molar-refractivity contribution >= 4 is 11.9 Å². The first-order valence-electron chi connectivity index (χ1n) is 4.71. The van der Waals surface area contributed by atoms with Gasteiger partial charge in [-0.1, -0.05) is 0 Å². The monoisotopic (exact) mass is 185 g/mol. The highest BCUT2D eigenvalue weighted by Gasteiger charge is 2.30. The first-order chi connectivity index (χ1) is 6.25. The van der Waals surface area contributed by atoms with Crippen LogP contribution in [0.5, 0.6) is 0 Å². The minimum atomic E-state index is -0.383. The summed E-state index contributed by atoms with van der Waals surface area (Å²) in [6, 6.07) is -0.383. The van der Waals surface area contributed by atoms with Crippen molar-refractivity contribution in [3.8, 4) is 0 Å². The zero-order valence-electron chi connectivity index (χ0n) is 7.41. The lowest BCUT2D eigenvalue weighted by Crippen LogP contribution is -2.37. The Morgan fingerprint density at radius 3 is 2.85 bits per heavy atom. The van der Waals surface area contributed by atoms with E-state index in [-0.39, 0.29) is 19.3 Å². The molecular formula is C9H15NO3. The lowest BCUT2D eigenvalue weighted by atomic mass is 10.2. The van der Waals surface area contributed by atoms with Gasteiger partial charge < -0.3 is 10.1 Å². The fourth-order valence-electron chi connectivity index (χ4n) is 1.46. The van der Waals surface area contributed by atoms with E-state index in [0.717, 1.165) is 12.8 Å². The maximum Gasteiger partial charge on any atom is 0.328 e. The predicted molar refractivity (Wildman–Crippen MR) is 47.0 cm³/mol. The molecule has 1 atom stereocenters. The highest BCUT2D eigenvalue weighted by atomic mass is 16.5. The van der Waals surface area contributed by atoms with Crippen LogP contribution < -0.4 is 5.32 Å². The van der Waals surface area contributed by atoms with Crippen LogP contribution in [0.15, 0.2) is 0 Å². The van der Waals surface area contributed by atoms with Crippen molar-refractivity contribution in [2.75, 3.05) is 6.61 Å². The molecule has 1 saturated heterocycles. The largest absolute Gasteiger partial charge is 0.464 e. The molecule has 4 nitrogen and oxygen atoms in total. The number of cyclic esters (lactones) is 1. The molecule has 0 aromatic carbocycles. The fraction of sp³-hybridized carbons (Fsp3) is 0.778. The number of carbonyl (C=O) groups is 2. The van der Waals surface area contributed by atoms with Gasteiger partial charge in [-0.3, -0.25) is 4.79 Å². The topological polar surface area (TPSA) is 55.4 Å². The molecular weight excluding hydrogens is 170 g/mol. The molecule has 2 aliphatic rings. The molecule has 1 heterocycles. The van der Waals surface area contributed by atoms with Gasteiger partial charge in [-0.2, -0.15) is 0 Å². The average Bonchev–Trinajstić information content (AvgIpc) is 2.79. The van der Waals surface area contributed by atoms with Gasteiger partial charge in [-0.15, -0.1) is 0 Å². The molecule has 1 N–H and O–H groups in total. The van der Waals surface area contributed by atoms with Gasteiger partial charge in [-0.25, -0.2) is 4.79 Å². The third-order valence-corrected chi connectivity index (χ3v) is 2.44. The fourth-order valence-corrected chi connectivity index (χ4v) is 1.46. The molecule has 1 amide bonds. The second-order valence-corrected chi connectivity index (χ2v) is 3.72. The number of amides is 1. The van der Waals surface area contributed by atoms with E-state index in [4.69, 9.17) is 4.74 Å². The van der Waals surface area contributed by atoms with Crippen molar-refractivity contribution in [1.29, 1.82) is 0 Å². The van der Waals surface area contributed by atoms with Gasteiger partial charge in [0.2, 0.25) is 5.91 Å². The molecule has 0 spiro atoms. The molecule has 74 valence electrons. The number of esters is 1. The molecule has 2 fully saturated rings. The molecule has 0 unspecified atom stereocenters. The van der Waals surface area contributed by atoms with Crippen molar-refractivity contribution < 1.29 is 15.8 Å². The lowest BCUT2D eigenvalue weighted by molar-refractivity contribution is -0.141. The SMILES string of the molecule is O=C(CC1CC1)N[C@H]1CCOC1=O.[HH]. The summed E-state index contributed by atoms with van der Waals surface area (Å²) in [6.45, 7) is 0.438. The van der Waals surface area contributed by atoms with Gasteiger partial charge in [0.25, 0.3) is 0 Å². The number of ether oxygens (including phenoxy) is 1. The van der Waals surface area contributed by atoms with E-state index in [2.05, 4.69) is 5.32 Å². The summed E-state index contributed by atoms with van der Waals surface area (Å²) in [6.07, 6.45) is 3.50. The summed E-state index contributed by atoms with van der Waals surface area (Å²) < 4.78 is 4.73. The molecule has 1 aliphatic heterocycles.